The topological polar surface area (TPSA) is 91.3 Å². The normalized spacial score (nSPS) is 11.8. The lowest BCUT2D eigenvalue weighted by molar-refractivity contribution is -0.122. The summed E-state index contributed by atoms with van der Waals surface area (Å²) in [5.41, 5.74) is 3.82. The van der Waals surface area contributed by atoms with Crippen LogP contribution >= 0.6 is 12.6 Å². The van der Waals surface area contributed by atoms with E-state index in [2.05, 4.69) is 42.1 Å². The molecule has 0 spiro atoms. The molecule has 0 amide bonds. The van der Waals surface area contributed by atoms with Crippen LogP contribution in [0.15, 0.2) is 40.8 Å². The number of aryl methyl sites for hydroxylation is 1. The third kappa shape index (κ3) is 7.51. The summed E-state index contributed by atoms with van der Waals surface area (Å²) in [6.07, 6.45) is 5.96. The number of carboxylic acid groups (broad SMARTS) is 1. The molecule has 0 saturated heterocycles. The molecule has 0 aliphatic rings. The summed E-state index contributed by atoms with van der Waals surface area (Å²) in [4.78, 5) is 23.6. The van der Waals surface area contributed by atoms with Crippen LogP contribution in [0.1, 0.15) is 19.4 Å². The van der Waals surface area contributed by atoms with E-state index in [0.29, 0.717) is 4.91 Å². The van der Waals surface area contributed by atoms with E-state index in [-0.39, 0.29) is 12.4 Å². The Balaban J connectivity index is 0.00000149. The number of anilines is 1. The quantitative estimate of drug-likeness (QED) is 0.276. The van der Waals surface area contributed by atoms with Crippen LogP contribution in [-0.2, 0) is 9.59 Å². The fraction of sp³-hybridized carbons (Fsp3) is 0.312. The third-order valence-corrected chi connectivity index (χ3v) is 3.07. The number of hydrogen-bond acceptors (Lipinski definition) is 6. The lowest BCUT2D eigenvalue weighted by atomic mass is 10.1. The highest BCUT2D eigenvalue weighted by Gasteiger charge is 2.09. The molecule has 6 nitrogen and oxygen atoms in total. The first-order valence-electron chi connectivity index (χ1n) is 6.94. The number of carbonyl (C=O) groups excluding carboxylic acids is 1. The monoisotopic (exact) mass is 337 g/mol. The summed E-state index contributed by atoms with van der Waals surface area (Å²) < 4.78 is 0. The molecule has 0 atom stereocenters. The summed E-state index contributed by atoms with van der Waals surface area (Å²) in [6.45, 7) is 5.89. The molecule has 0 aromatic carbocycles. The van der Waals surface area contributed by atoms with Crippen molar-refractivity contribution in [2.24, 2.45) is 5.92 Å². The maximum absolute atomic E-state index is 10.8. The number of rotatable bonds is 6. The molecule has 0 radical (unpaired) electrons. The molecule has 1 aromatic heterocycles. The van der Waals surface area contributed by atoms with Gasteiger partial charge in [0.1, 0.15) is 0 Å². The van der Waals surface area contributed by atoms with Gasteiger partial charge in [0.2, 0.25) is 0 Å². The molecular formula is C16H23N3O3S. The van der Waals surface area contributed by atoms with E-state index < -0.39 is 0 Å². The second-order valence-corrected chi connectivity index (χ2v) is 5.36. The number of aldehydes is 1. The van der Waals surface area contributed by atoms with Crippen molar-refractivity contribution in [3.05, 3.63) is 46.4 Å². The van der Waals surface area contributed by atoms with Crippen molar-refractivity contribution in [2.75, 3.05) is 12.4 Å². The highest BCUT2D eigenvalue weighted by molar-refractivity contribution is 7.85. The molecule has 0 bridgehead atoms. The van der Waals surface area contributed by atoms with Gasteiger partial charge in [-0.3, -0.25) is 14.6 Å². The minimum atomic E-state index is -0.250. The first kappa shape index (κ1) is 20.7. The van der Waals surface area contributed by atoms with Gasteiger partial charge in [-0.25, -0.2) is 0 Å². The minimum Gasteiger partial charge on any atom is -0.483 e. The molecule has 0 saturated carbocycles. The van der Waals surface area contributed by atoms with E-state index in [1.165, 1.54) is 0 Å². The minimum absolute atomic E-state index is 0.250. The zero-order chi connectivity index (χ0) is 17.8. The molecule has 0 fully saturated rings. The van der Waals surface area contributed by atoms with Crippen molar-refractivity contribution >= 4 is 31.1 Å². The van der Waals surface area contributed by atoms with Crippen LogP contribution in [0.2, 0.25) is 0 Å². The van der Waals surface area contributed by atoms with E-state index in [0.717, 1.165) is 28.9 Å². The van der Waals surface area contributed by atoms with Gasteiger partial charge < -0.3 is 15.7 Å². The van der Waals surface area contributed by atoms with Crippen molar-refractivity contribution in [2.45, 2.75) is 20.8 Å². The molecule has 1 rings (SSSR count). The van der Waals surface area contributed by atoms with Crippen LogP contribution in [0.3, 0.4) is 0 Å². The number of pyridine rings is 1. The number of allylic oxidation sites excluding steroid dienone is 3. The molecule has 7 heteroatoms. The predicted molar refractivity (Wildman–Crippen MR) is 95.3 cm³/mol. The van der Waals surface area contributed by atoms with E-state index in [4.69, 9.17) is 9.90 Å². The Morgan fingerprint density at radius 1 is 1.39 bits per heavy atom. The predicted octanol–water partition coefficient (Wildman–Crippen LogP) is 2.60. The molecule has 1 aromatic rings. The van der Waals surface area contributed by atoms with Gasteiger partial charge in [-0.15, -0.1) is 12.6 Å². The Bertz CT molecular complexity index is 584. The molecule has 126 valence electrons. The Hall–Kier alpha value is -2.28. The molecule has 0 unspecified atom stereocenters. The molecule has 23 heavy (non-hydrogen) atoms. The van der Waals surface area contributed by atoms with Crippen LogP contribution in [-0.4, -0.2) is 29.9 Å². The standard InChI is InChI=1S/C15H21N3OS.CH2O2/c1-10(2)15(16-4)14(7-12(20)9-19)18-13-5-6-17-8-11(13)3;2-1-3/h5-10,16,20H,1-4H3,(H,17,18);1H,(H,2,3)/b12-7+,15-14+;. The molecule has 0 aliphatic carbocycles. The van der Waals surface area contributed by atoms with Gasteiger partial charge in [0.15, 0.2) is 6.29 Å². The number of carbonyl (C=O) groups is 2. The Labute approximate surface area is 142 Å². The molecule has 0 aliphatic heterocycles. The van der Waals surface area contributed by atoms with Gasteiger partial charge in [-0.1, -0.05) is 13.8 Å². The van der Waals surface area contributed by atoms with Crippen LogP contribution in [0.4, 0.5) is 5.69 Å². The highest BCUT2D eigenvalue weighted by atomic mass is 32.1. The number of aromatic nitrogens is 1. The zero-order valence-electron chi connectivity index (χ0n) is 13.7. The largest absolute Gasteiger partial charge is 0.483 e. The van der Waals surface area contributed by atoms with Crippen LogP contribution in [0.25, 0.3) is 0 Å². The van der Waals surface area contributed by atoms with Gasteiger partial charge in [-0.2, -0.15) is 0 Å². The number of nitrogens with zero attached hydrogens (tertiary/aromatic N) is 1. The summed E-state index contributed by atoms with van der Waals surface area (Å²) in [7, 11) is 1.86. The first-order chi connectivity index (χ1) is 10.9. The van der Waals surface area contributed by atoms with Crippen molar-refractivity contribution in [3.63, 3.8) is 0 Å². The third-order valence-electron chi connectivity index (χ3n) is 2.84. The van der Waals surface area contributed by atoms with Gasteiger partial charge in [0.25, 0.3) is 6.47 Å². The smallest absolute Gasteiger partial charge is 0.290 e. The van der Waals surface area contributed by atoms with Crippen molar-refractivity contribution in [1.29, 1.82) is 0 Å². The summed E-state index contributed by atoms with van der Waals surface area (Å²) in [6, 6.07) is 1.90. The first-order valence-corrected chi connectivity index (χ1v) is 7.39. The fourth-order valence-corrected chi connectivity index (χ4v) is 1.99. The lowest BCUT2D eigenvalue weighted by Crippen LogP contribution is -2.18. The van der Waals surface area contributed by atoms with Crippen LogP contribution in [0, 0.1) is 12.8 Å². The number of nitrogens with one attached hydrogen (secondary N) is 2. The maximum Gasteiger partial charge on any atom is 0.290 e. The van der Waals surface area contributed by atoms with E-state index in [1.54, 1.807) is 18.5 Å². The maximum atomic E-state index is 10.8. The Morgan fingerprint density at radius 3 is 2.43 bits per heavy atom. The highest BCUT2D eigenvalue weighted by Crippen LogP contribution is 2.20. The van der Waals surface area contributed by atoms with Crippen molar-refractivity contribution in [1.82, 2.24) is 10.3 Å². The van der Waals surface area contributed by atoms with E-state index in [1.807, 2.05) is 20.0 Å². The average molecular weight is 337 g/mol. The SMILES string of the molecule is CN/C(=C(\C=C(\S)C=O)Nc1ccncc1C)C(C)C.O=CO. The van der Waals surface area contributed by atoms with Crippen molar-refractivity contribution in [3.8, 4) is 0 Å². The average Bonchev–Trinajstić information content (AvgIpc) is 2.50. The van der Waals surface area contributed by atoms with Crippen LogP contribution < -0.4 is 10.6 Å². The van der Waals surface area contributed by atoms with Crippen molar-refractivity contribution < 1.29 is 14.7 Å². The van der Waals surface area contributed by atoms with Gasteiger partial charge >= 0.3 is 0 Å². The second kappa shape index (κ2) is 11.3. The zero-order valence-corrected chi connectivity index (χ0v) is 14.6. The summed E-state index contributed by atoms with van der Waals surface area (Å²) in [5.74, 6) is 0.286. The van der Waals surface area contributed by atoms with E-state index >= 15 is 0 Å². The summed E-state index contributed by atoms with van der Waals surface area (Å²) in [5, 5.41) is 13.4. The lowest BCUT2D eigenvalue weighted by Gasteiger charge is -2.18. The van der Waals surface area contributed by atoms with Gasteiger partial charge in [0.05, 0.1) is 5.70 Å². The Morgan fingerprint density at radius 2 is 2.00 bits per heavy atom. The van der Waals surface area contributed by atoms with Gasteiger partial charge in [0, 0.05) is 35.7 Å². The summed E-state index contributed by atoms with van der Waals surface area (Å²) >= 11 is 4.14. The molecule has 3 N–H and O–H groups in total. The Kier molecular flexibility index (Phi) is 10.2. The fourth-order valence-electron chi connectivity index (χ4n) is 1.86. The number of thiol groups is 1. The second-order valence-electron chi connectivity index (χ2n) is 4.84. The van der Waals surface area contributed by atoms with E-state index in [9.17, 15) is 4.79 Å². The number of hydrogen-bond donors (Lipinski definition) is 4. The van der Waals surface area contributed by atoms with Gasteiger partial charge in [-0.05, 0) is 30.5 Å². The van der Waals surface area contributed by atoms with Crippen LogP contribution in [0.5, 0.6) is 0 Å². The molecule has 1 heterocycles. The molecular weight excluding hydrogens is 314 g/mol.